The zero-order valence-electron chi connectivity index (χ0n) is 14.3. The Labute approximate surface area is 158 Å². The molecule has 28 heavy (non-hydrogen) atoms. The zero-order chi connectivity index (χ0) is 20.4. The highest BCUT2D eigenvalue weighted by Crippen LogP contribution is 2.24. The Morgan fingerprint density at radius 3 is 1.93 bits per heavy atom. The highest BCUT2D eigenvalue weighted by atomic mass is 16.4. The second kappa shape index (κ2) is 7.31. The van der Waals surface area contributed by atoms with Crippen LogP contribution in [0.25, 0.3) is 0 Å². The standard InChI is InChI=1S/C19H14N2O7/c22-15-4-5-16(23)21(15)14-3-1-2-10(9-14)17(24)20-13-7-11(18(25)26)6-12(8-13)19(27)28/h1-3,6-9H,4-5H2,(H,20,24)(H,25,26)(H,27,28). The molecule has 9 heteroatoms. The third-order valence-electron chi connectivity index (χ3n) is 4.10. The number of carboxylic acids is 2. The number of carbonyl (C=O) groups is 5. The van der Waals surface area contributed by atoms with Crippen molar-refractivity contribution in [2.75, 3.05) is 10.2 Å². The van der Waals surface area contributed by atoms with E-state index in [1.165, 1.54) is 24.3 Å². The van der Waals surface area contributed by atoms with Gasteiger partial charge in [0.1, 0.15) is 0 Å². The number of aromatic carboxylic acids is 2. The molecule has 2 aromatic rings. The molecule has 2 aromatic carbocycles. The van der Waals surface area contributed by atoms with E-state index in [-0.39, 0.29) is 52.7 Å². The molecule has 0 bridgehead atoms. The molecule has 1 heterocycles. The van der Waals surface area contributed by atoms with Gasteiger partial charge in [0.2, 0.25) is 11.8 Å². The maximum Gasteiger partial charge on any atom is 0.335 e. The normalized spacial score (nSPS) is 13.5. The van der Waals surface area contributed by atoms with Crippen molar-refractivity contribution < 1.29 is 34.2 Å². The lowest BCUT2D eigenvalue weighted by molar-refractivity contribution is -0.121. The molecule has 1 saturated heterocycles. The highest BCUT2D eigenvalue weighted by Gasteiger charge is 2.30. The van der Waals surface area contributed by atoms with Crippen molar-refractivity contribution in [1.82, 2.24) is 0 Å². The van der Waals surface area contributed by atoms with Crippen LogP contribution in [0.2, 0.25) is 0 Å². The predicted octanol–water partition coefficient (Wildman–Crippen LogP) is 1.99. The van der Waals surface area contributed by atoms with Gasteiger partial charge in [-0.05, 0) is 36.4 Å². The lowest BCUT2D eigenvalue weighted by Gasteiger charge is -2.15. The molecular formula is C19H14N2O7. The molecule has 3 rings (SSSR count). The Morgan fingerprint density at radius 1 is 0.821 bits per heavy atom. The van der Waals surface area contributed by atoms with Crippen LogP contribution in [0.15, 0.2) is 42.5 Å². The van der Waals surface area contributed by atoms with Crippen molar-refractivity contribution in [2.45, 2.75) is 12.8 Å². The third-order valence-corrected chi connectivity index (χ3v) is 4.10. The Kier molecular flexibility index (Phi) is 4.90. The topological polar surface area (TPSA) is 141 Å². The van der Waals surface area contributed by atoms with E-state index in [1.54, 1.807) is 0 Å². The minimum atomic E-state index is -1.34. The molecule has 0 aromatic heterocycles. The van der Waals surface area contributed by atoms with E-state index in [2.05, 4.69) is 5.32 Å². The highest BCUT2D eigenvalue weighted by molar-refractivity contribution is 6.20. The maximum atomic E-state index is 12.5. The molecule has 0 atom stereocenters. The van der Waals surface area contributed by atoms with Crippen LogP contribution in [-0.2, 0) is 9.59 Å². The summed E-state index contributed by atoms with van der Waals surface area (Å²) in [5.74, 6) is -4.05. The molecule has 3 N–H and O–H groups in total. The van der Waals surface area contributed by atoms with Gasteiger partial charge in [0, 0.05) is 24.1 Å². The van der Waals surface area contributed by atoms with Gasteiger partial charge in [-0.15, -0.1) is 0 Å². The van der Waals surface area contributed by atoms with Crippen molar-refractivity contribution in [3.63, 3.8) is 0 Å². The first-order chi connectivity index (χ1) is 13.3. The summed E-state index contributed by atoms with van der Waals surface area (Å²) in [7, 11) is 0. The molecule has 142 valence electrons. The smallest absolute Gasteiger partial charge is 0.335 e. The van der Waals surface area contributed by atoms with Crippen LogP contribution in [0.1, 0.15) is 43.9 Å². The van der Waals surface area contributed by atoms with Gasteiger partial charge in [-0.3, -0.25) is 19.3 Å². The molecule has 0 unspecified atom stereocenters. The average Bonchev–Trinajstić information content (AvgIpc) is 2.99. The maximum absolute atomic E-state index is 12.5. The number of hydrogen-bond acceptors (Lipinski definition) is 5. The number of nitrogens with one attached hydrogen (secondary N) is 1. The van der Waals surface area contributed by atoms with E-state index in [0.29, 0.717) is 0 Å². The van der Waals surface area contributed by atoms with E-state index in [4.69, 9.17) is 10.2 Å². The van der Waals surface area contributed by atoms with Crippen molar-refractivity contribution in [3.05, 3.63) is 59.2 Å². The lowest BCUT2D eigenvalue weighted by Crippen LogP contribution is -2.28. The molecular weight excluding hydrogens is 368 g/mol. The fraction of sp³-hybridized carbons (Fsp3) is 0.105. The number of carboxylic acid groups (broad SMARTS) is 2. The van der Waals surface area contributed by atoms with Crippen LogP contribution in [-0.4, -0.2) is 39.9 Å². The van der Waals surface area contributed by atoms with E-state index in [0.717, 1.165) is 23.1 Å². The van der Waals surface area contributed by atoms with Crippen LogP contribution in [0.5, 0.6) is 0 Å². The Bertz CT molecular complexity index is 980. The first-order valence-corrected chi connectivity index (χ1v) is 8.15. The van der Waals surface area contributed by atoms with Crippen molar-refractivity contribution in [2.24, 2.45) is 0 Å². The summed E-state index contributed by atoms with van der Waals surface area (Å²) in [6, 6.07) is 9.06. The van der Waals surface area contributed by atoms with Crippen molar-refractivity contribution in [3.8, 4) is 0 Å². The number of carbonyl (C=O) groups excluding carboxylic acids is 3. The van der Waals surface area contributed by atoms with Crippen LogP contribution >= 0.6 is 0 Å². The van der Waals surface area contributed by atoms with Gasteiger partial charge in [-0.2, -0.15) is 0 Å². The van der Waals surface area contributed by atoms with Gasteiger partial charge >= 0.3 is 11.9 Å². The molecule has 1 aliphatic heterocycles. The van der Waals surface area contributed by atoms with Gasteiger partial charge in [0.25, 0.3) is 5.91 Å². The SMILES string of the molecule is O=C(O)c1cc(NC(=O)c2cccc(N3C(=O)CCC3=O)c2)cc(C(=O)O)c1. The molecule has 3 amide bonds. The monoisotopic (exact) mass is 382 g/mol. The fourth-order valence-corrected chi connectivity index (χ4v) is 2.80. The zero-order valence-corrected chi connectivity index (χ0v) is 14.3. The molecule has 9 nitrogen and oxygen atoms in total. The molecule has 0 saturated carbocycles. The number of imide groups is 1. The number of rotatable bonds is 5. The van der Waals surface area contributed by atoms with Gasteiger partial charge in [-0.25, -0.2) is 9.59 Å². The molecule has 1 fully saturated rings. The number of anilines is 2. The third kappa shape index (κ3) is 3.73. The predicted molar refractivity (Wildman–Crippen MR) is 96.5 cm³/mol. The quantitative estimate of drug-likeness (QED) is 0.672. The van der Waals surface area contributed by atoms with Gasteiger partial charge < -0.3 is 15.5 Å². The minimum Gasteiger partial charge on any atom is -0.478 e. The van der Waals surface area contributed by atoms with E-state index < -0.39 is 17.8 Å². The Hall–Kier alpha value is -4.01. The number of amides is 3. The second-order valence-corrected chi connectivity index (χ2v) is 6.04. The summed E-state index contributed by atoms with van der Waals surface area (Å²) in [5, 5.41) is 20.6. The van der Waals surface area contributed by atoms with Crippen LogP contribution in [0.4, 0.5) is 11.4 Å². The van der Waals surface area contributed by atoms with Crippen LogP contribution in [0, 0.1) is 0 Å². The fourth-order valence-electron chi connectivity index (χ4n) is 2.80. The van der Waals surface area contributed by atoms with Gasteiger partial charge in [-0.1, -0.05) is 6.07 Å². The lowest BCUT2D eigenvalue weighted by atomic mass is 10.1. The molecule has 0 spiro atoms. The number of hydrogen-bond donors (Lipinski definition) is 3. The first kappa shape index (κ1) is 18.8. The second-order valence-electron chi connectivity index (χ2n) is 6.04. The molecule has 0 aliphatic carbocycles. The largest absolute Gasteiger partial charge is 0.478 e. The summed E-state index contributed by atoms with van der Waals surface area (Å²) in [5.41, 5.74) is -0.233. The van der Waals surface area contributed by atoms with Crippen molar-refractivity contribution in [1.29, 1.82) is 0 Å². The summed E-state index contributed by atoms with van der Waals surface area (Å²) in [6.45, 7) is 0. The van der Waals surface area contributed by atoms with E-state index in [9.17, 15) is 24.0 Å². The van der Waals surface area contributed by atoms with E-state index in [1.807, 2.05) is 0 Å². The average molecular weight is 382 g/mol. The molecule has 0 radical (unpaired) electrons. The van der Waals surface area contributed by atoms with Gasteiger partial charge in [0.05, 0.1) is 16.8 Å². The van der Waals surface area contributed by atoms with Gasteiger partial charge in [0.15, 0.2) is 0 Å². The summed E-state index contributed by atoms with van der Waals surface area (Å²) in [4.78, 5) is 59.5. The Balaban J connectivity index is 1.89. The van der Waals surface area contributed by atoms with E-state index >= 15 is 0 Å². The number of benzene rings is 2. The Morgan fingerprint density at radius 2 is 1.39 bits per heavy atom. The van der Waals surface area contributed by atoms with Crippen LogP contribution < -0.4 is 10.2 Å². The summed E-state index contributed by atoms with van der Waals surface area (Å²) < 4.78 is 0. The summed E-state index contributed by atoms with van der Waals surface area (Å²) in [6.07, 6.45) is 0.213. The minimum absolute atomic E-state index is 0.0129. The summed E-state index contributed by atoms with van der Waals surface area (Å²) >= 11 is 0. The first-order valence-electron chi connectivity index (χ1n) is 8.15. The molecule has 1 aliphatic rings. The number of nitrogens with zero attached hydrogens (tertiary/aromatic N) is 1. The van der Waals surface area contributed by atoms with Crippen LogP contribution in [0.3, 0.4) is 0 Å². The van der Waals surface area contributed by atoms with Crippen molar-refractivity contribution >= 4 is 41.0 Å².